The summed E-state index contributed by atoms with van der Waals surface area (Å²) in [5.41, 5.74) is 6.79. The van der Waals surface area contributed by atoms with E-state index in [4.69, 9.17) is 10.9 Å². The molecule has 1 saturated carbocycles. The molecular formula is C11H17N3O3S. The first-order valence-electron chi connectivity index (χ1n) is 5.59. The molecule has 0 amide bonds. The molecule has 0 radical (unpaired) electrons. The highest BCUT2D eigenvalue weighted by Gasteiger charge is 2.42. The van der Waals surface area contributed by atoms with Gasteiger partial charge in [-0.3, -0.25) is 0 Å². The van der Waals surface area contributed by atoms with Crippen LogP contribution in [0.2, 0.25) is 0 Å². The van der Waals surface area contributed by atoms with E-state index in [-0.39, 0.29) is 17.0 Å². The van der Waals surface area contributed by atoms with Gasteiger partial charge in [0.25, 0.3) is 0 Å². The highest BCUT2D eigenvalue weighted by atomic mass is 32.2. The quantitative estimate of drug-likeness (QED) is 0.582. The summed E-state index contributed by atoms with van der Waals surface area (Å²) in [4.78, 5) is 0.0127. The van der Waals surface area contributed by atoms with E-state index in [1.807, 2.05) is 0 Å². The van der Waals surface area contributed by atoms with Gasteiger partial charge in [0.1, 0.15) is 0 Å². The smallest absolute Gasteiger partial charge is 0.238 e. The second-order valence-electron chi connectivity index (χ2n) is 4.80. The molecular weight excluding hydrogens is 254 g/mol. The van der Waals surface area contributed by atoms with Gasteiger partial charge in [-0.05, 0) is 37.5 Å². The number of sulfonamides is 1. The number of nitrogens with two attached hydrogens (primary N) is 2. The molecule has 0 heterocycles. The van der Waals surface area contributed by atoms with Crippen LogP contribution in [0.25, 0.3) is 0 Å². The molecule has 0 aromatic heterocycles. The summed E-state index contributed by atoms with van der Waals surface area (Å²) in [6.45, 7) is 1.67. The molecule has 0 spiro atoms. The molecule has 2 rings (SSSR count). The minimum atomic E-state index is -3.80. The first-order chi connectivity index (χ1) is 8.27. The van der Waals surface area contributed by atoms with Gasteiger partial charge in [-0.2, -0.15) is 0 Å². The van der Waals surface area contributed by atoms with Crippen molar-refractivity contribution >= 4 is 21.4 Å². The summed E-state index contributed by atoms with van der Waals surface area (Å²) in [5.74, 6) is 0. The van der Waals surface area contributed by atoms with Crippen LogP contribution in [0.1, 0.15) is 18.4 Å². The number of aliphatic hydroxyl groups is 1. The molecule has 18 heavy (non-hydrogen) atoms. The topological polar surface area (TPSA) is 118 Å². The lowest BCUT2D eigenvalue weighted by Crippen LogP contribution is -2.26. The number of nitrogen functional groups attached to an aromatic ring is 1. The standard InChI is InChI=1S/C11H17N3O3S/c1-7-9(14-11(6-15)2-3-11)4-8(12)5-10(7)18(13,16)17/h4-5,14-15H,2-3,6,12H2,1H3,(H2,13,16,17). The first-order valence-corrected chi connectivity index (χ1v) is 7.14. The van der Waals surface area contributed by atoms with E-state index in [9.17, 15) is 13.5 Å². The zero-order valence-corrected chi connectivity index (χ0v) is 10.9. The summed E-state index contributed by atoms with van der Waals surface area (Å²) in [6.07, 6.45) is 1.70. The van der Waals surface area contributed by atoms with Crippen molar-refractivity contribution in [2.75, 3.05) is 17.7 Å². The Labute approximate surface area is 106 Å². The fourth-order valence-corrected chi connectivity index (χ4v) is 2.73. The number of aliphatic hydroxyl groups excluding tert-OH is 1. The summed E-state index contributed by atoms with van der Waals surface area (Å²) >= 11 is 0. The molecule has 0 bridgehead atoms. The Balaban J connectivity index is 2.46. The summed E-state index contributed by atoms with van der Waals surface area (Å²) < 4.78 is 22.9. The van der Waals surface area contributed by atoms with Gasteiger partial charge in [-0.1, -0.05) is 0 Å². The molecule has 6 N–H and O–H groups in total. The van der Waals surface area contributed by atoms with Gasteiger partial charge in [-0.15, -0.1) is 0 Å². The molecule has 0 saturated heterocycles. The maximum atomic E-state index is 11.5. The normalized spacial score (nSPS) is 17.5. The fraction of sp³-hybridized carbons (Fsp3) is 0.455. The zero-order chi connectivity index (χ0) is 13.6. The van der Waals surface area contributed by atoms with E-state index in [1.165, 1.54) is 6.07 Å². The van der Waals surface area contributed by atoms with Crippen molar-refractivity contribution in [3.05, 3.63) is 17.7 Å². The van der Waals surface area contributed by atoms with Crippen LogP contribution >= 0.6 is 0 Å². The molecule has 1 aliphatic carbocycles. The van der Waals surface area contributed by atoms with Crippen molar-refractivity contribution in [3.63, 3.8) is 0 Å². The Kier molecular flexibility index (Phi) is 3.00. The van der Waals surface area contributed by atoms with E-state index in [0.29, 0.717) is 16.9 Å². The van der Waals surface area contributed by atoms with Crippen molar-refractivity contribution in [2.24, 2.45) is 5.14 Å². The summed E-state index contributed by atoms with van der Waals surface area (Å²) in [6, 6.07) is 2.99. The van der Waals surface area contributed by atoms with E-state index >= 15 is 0 Å². The second kappa shape index (κ2) is 4.11. The second-order valence-corrected chi connectivity index (χ2v) is 6.33. The van der Waals surface area contributed by atoms with E-state index in [2.05, 4.69) is 5.32 Å². The van der Waals surface area contributed by atoms with Crippen LogP contribution in [-0.4, -0.2) is 25.7 Å². The average molecular weight is 271 g/mol. The number of anilines is 2. The molecule has 7 heteroatoms. The van der Waals surface area contributed by atoms with Gasteiger partial charge in [0.2, 0.25) is 10.0 Å². The van der Waals surface area contributed by atoms with Gasteiger partial charge < -0.3 is 16.2 Å². The number of nitrogens with one attached hydrogen (secondary N) is 1. The van der Waals surface area contributed by atoms with E-state index in [0.717, 1.165) is 12.8 Å². The van der Waals surface area contributed by atoms with Crippen molar-refractivity contribution in [1.82, 2.24) is 0 Å². The van der Waals surface area contributed by atoms with Crippen LogP contribution < -0.4 is 16.2 Å². The molecule has 1 aromatic carbocycles. The molecule has 100 valence electrons. The average Bonchev–Trinajstić information content (AvgIpc) is 3.02. The Morgan fingerprint density at radius 3 is 2.50 bits per heavy atom. The Morgan fingerprint density at radius 2 is 2.06 bits per heavy atom. The molecule has 1 aliphatic rings. The molecule has 6 nitrogen and oxygen atoms in total. The summed E-state index contributed by atoms with van der Waals surface area (Å²) in [7, 11) is -3.80. The predicted octanol–water partition coefficient (Wildman–Crippen LogP) is 0.161. The zero-order valence-electron chi connectivity index (χ0n) is 10.1. The SMILES string of the molecule is Cc1c(NC2(CO)CC2)cc(N)cc1S(N)(=O)=O. The minimum absolute atomic E-state index is 0.00590. The Hall–Kier alpha value is -1.31. The minimum Gasteiger partial charge on any atom is -0.399 e. The maximum Gasteiger partial charge on any atom is 0.238 e. The summed E-state index contributed by atoms with van der Waals surface area (Å²) in [5, 5.41) is 17.6. The monoisotopic (exact) mass is 271 g/mol. The van der Waals surface area contributed by atoms with Crippen LogP contribution in [0.5, 0.6) is 0 Å². The Morgan fingerprint density at radius 1 is 1.44 bits per heavy atom. The van der Waals surface area contributed by atoms with Crippen LogP contribution in [0.3, 0.4) is 0 Å². The number of benzene rings is 1. The fourth-order valence-electron chi connectivity index (χ4n) is 1.89. The van der Waals surface area contributed by atoms with Crippen LogP contribution in [0, 0.1) is 6.92 Å². The molecule has 1 aromatic rings. The van der Waals surface area contributed by atoms with Gasteiger partial charge in [0.15, 0.2) is 0 Å². The highest BCUT2D eigenvalue weighted by molar-refractivity contribution is 7.89. The predicted molar refractivity (Wildman–Crippen MR) is 69.6 cm³/mol. The van der Waals surface area contributed by atoms with E-state index in [1.54, 1.807) is 13.0 Å². The number of hydrogen-bond donors (Lipinski definition) is 4. The van der Waals surface area contributed by atoms with Crippen molar-refractivity contribution in [1.29, 1.82) is 0 Å². The van der Waals surface area contributed by atoms with E-state index < -0.39 is 10.0 Å². The molecule has 1 fully saturated rings. The van der Waals surface area contributed by atoms with Crippen LogP contribution in [0.4, 0.5) is 11.4 Å². The lowest BCUT2D eigenvalue weighted by molar-refractivity contribution is 0.266. The third kappa shape index (κ3) is 2.43. The van der Waals surface area contributed by atoms with Crippen LogP contribution in [-0.2, 0) is 10.0 Å². The van der Waals surface area contributed by atoms with Gasteiger partial charge >= 0.3 is 0 Å². The third-order valence-corrected chi connectivity index (χ3v) is 4.28. The largest absolute Gasteiger partial charge is 0.399 e. The Bertz CT molecular complexity index is 579. The lowest BCUT2D eigenvalue weighted by Gasteiger charge is -2.19. The van der Waals surface area contributed by atoms with Gasteiger partial charge in [0, 0.05) is 11.4 Å². The van der Waals surface area contributed by atoms with Crippen LogP contribution in [0.15, 0.2) is 17.0 Å². The molecule has 0 aliphatic heterocycles. The lowest BCUT2D eigenvalue weighted by atomic mass is 10.1. The maximum absolute atomic E-state index is 11.5. The van der Waals surface area contributed by atoms with Crippen molar-refractivity contribution in [2.45, 2.75) is 30.2 Å². The highest BCUT2D eigenvalue weighted by Crippen LogP contribution is 2.40. The number of hydrogen-bond acceptors (Lipinski definition) is 5. The third-order valence-electron chi connectivity index (χ3n) is 3.24. The van der Waals surface area contributed by atoms with Gasteiger partial charge in [-0.25, -0.2) is 13.6 Å². The molecule has 0 unspecified atom stereocenters. The first kappa shape index (κ1) is 13.1. The van der Waals surface area contributed by atoms with Gasteiger partial charge in [0.05, 0.1) is 17.0 Å². The molecule has 0 atom stereocenters. The van der Waals surface area contributed by atoms with Crippen molar-refractivity contribution < 1.29 is 13.5 Å². The number of rotatable bonds is 4. The van der Waals surface area contributed by atoms with Crippen molar-refractivity contribution in [3.8, 4) is 0 Å². The number of primary sulfonamides is 1.